The van der Waals surface area contributed by atoms with E-state index < -0.39 is 0 Å². The SMILES string of the molecule is CCCCCCn1c(/C=C/c2c3ccccc3cc3c(/C=C/c4nc(C#N)c(C#N)n4CCCCCC)c4ccccc4cc23)nc(C#N)c1C#N. The van der Waals surface area contributed by atoms with Crippen molar-refractivity contribution >= 4 is 56.6 Å². The predicted molar refractivity (Wildman–Crippen MR) is 208 cm³/mol. The topological polar surface area (TPSA) is 131 Å². The van der Waals surface area contributed by atoms with Crippen molar-refractivity contribution in [3.8, 4) is 24.3 Å². The van der Waals surface area contributed by atoms with E-state index in [2.05, 4.69) is 96.6 Å². The summed E-state index contributed by atoms with van der Waals surface area (Å²) in [5.41, 5.74) is 2.87. The van der Waals surface area contributed by atoms with Crippen LogP contribution in [0, 0.1) is 45.3 Å². The first-order chi connectivity index (χ1) is 25.6. The molecule has 6 rings (SSSR count). The average Bonchev–Trinajstić information content (AvgIpc) is 3.71. The van der Waals surface area contributed by atoms with Gasteiger partial charge in [0.05, 0.1) is 0 Å². The van der Waals surface area contributed by atoms with Crippen molar-refractivity contribution in [1.82, 2.24) is 19.1 Å². The fourth-order valence-electron chi connectivity index (χ4n) is 7.04. The molecule has 0 aliphatic rings. The summed E-state index contributed by atoms with van der Waals surface area (Å²) in [5, 5.41) is 45.9. The first kappa shape index (κ1) is 35.3. The van der Waals surface area contributed by atoms with Crippen molar-refractivity contribution in [2.45, 2.75) is 78.3 Å². The van der Waals surface area contributed by atoms with Crippen molar-refractivity contribution in [2.24, 2.45) is 0 Å². The number of benzene rings is 4. The molecule has 0 spiro atoms. The highest BCUT2D eigenvalue weighted by molar-refractivity contribution is 6.16. The van der Waals surface area contributed by atoms with Gasteiger partial charge in [0.25, 0.3) is 0 Å². The predicted octanol–water partition coefficient (Wildman–Crippen LogP) is 10.5. The minimum Gasteiger partial charge on any atom is -0.315 e. The molecule has 0 saturated heterocycles. The number of nitrogens with zero attached hydrogens (tertiary/aromatic N) is 8. The molecule has 0 N–H and O–H groups in total. The van der Waals surface area contributed by atoms with Crippen LogP contribution in [-0.4, -0.2) is 19.1 Å². The second kappa shape index (κ2) is 16.5. The van der Waals surface area contributed by atoms with E-state index in [1.807, 2.05) is 45.6 Å². The Labute approximate surface area is 304 Å². The van der Waals surface area contributed by atoms with Crippen LogP contribution < -0.4 is 0 Å². The minimum atomic E-state index is 0.140. The number of aromatic nitrogens is 4. The van der Waals surface area contributed by atoms with Crippen LogP contribution in [-0.2, 0) is 13.1 Å². The van der Waals surface area contributed by atoms with Crippen molar-refractivity contribution in [2.75, 3.05) is 0 Å². The molecule has 0 saturated carbocycles. The highest BCUT2D eigenvalue weighted by Gasteiger charge is 2.18. The summed E-state index contributed by atoms with van der Waals surface area (Å²) >= 11 is 0. The third-order valence-electron chi connectivity index (χ3n) is 9.66. The van der Waals surface area contributed by atoms with Crippen LogP contribution in [0.4, 0.5) is 0 Å². The summed E-state index contributed by atoms with van der Waals surface area (Å²) in [5.74, 6) is 1.16. The van der Waals surface area contributed by atoms with Gasteiger partial charge in [-0.15, -0.1) is 0 Å². The Morgan fingerprint density at radius 3 is 1.33 bits per heavy atom. The Morgan fingerprint density at radius 1 is 0.519 bits per heavy atom. The maximum atomic E-state index is 9.97. The molecular formula is C44H40N8. The number of imidazole rings is 2. The summed E-state index contributed by atoms with van der Waals surface area (Å²) in [6.45, 7) is 5.56. The summed E-state index contributed by atoms with van der Waals surface area (Å²) in [6.07, 6.45) is 16.3. The monoisotopic (exact) mass is 680 g/mol. The number of rotatable bonds is 14. The Balaban J connectivity index is 1.54. The molecule has 4 aromatic carbocycles. The Morgan fingerprint density at radius 2 is 0.942 bits per heavy atom. The number of hydrogen-bond acceptors (Lipinski definition) is 6. The molecule has 256 valence electrons. The molecule has 2 aromatic heterocycles. The molecule has 8 nitrogen and oxygen atoms in total. The Hall–Kier alpha value is -6.48. The first-order valence-electron chi connectivity index (χ1n) is 18.1. The van der Waals surface area contributed by atoms with Crippen LogP contribution in [0.3, 0.4) is 0 Å². The second-order valence-corrected chi connectivity index (χ2v) is 13.0. The van der Waals surface area contributed by atoms with E-state index in [4.69, 9.17) is 0 Å². The number of fused-ring (bicyclic) bond motifs is 3. The molecule has 0 aliphatic carbocycles. The van der Waals surface area contributed by atoms with Gasteiger partial charge >= 0.3 is 0 Å². The zero-order valence-electron chi connectivity index (χ0n) is 29.7. The third-order valence-corrected chi connectivity index (χ3v) is 9.66. The Kier molecular flexibility index (Phi) is 11.2. The molecule has 52 heavy (non-hydrogen) atoms. The highest BCUT2D eigenvalue weighted by Crippen LogP contribution is 2.37. The van der Waals surface area contributed by atoms with Crippen molar-refractivity contribution in [3.63, 3.8) is 0 Å². The smallest absolute Gasteiger partial charge is 0.177 e. The molecule has 0 amide bonds. The molecule has 0 bridgehead atoms. The van der Waals surface area contributed by atoms with Crippen LogP contribution in [0.25, 0.3) is 56.6 Å². The van der Waals surface area contributed by atoms with E-state index in [1.54, 1.807) is 0 Å². The lowest BCUT2D eigenvalue weighted by Crippen LogP contribution is -2.04. The highest BCUT2D eigenvalue weighted by atomic mass is 15.1. The summed E-state index contributed by atoms with van der Waals surface area (Å²) < 4.78 is 3.74. The summed E-state index contributed by atoms with van der Waals surface area (Å²) in [4.78, 5) is 9.19. The molecule has 0 fully saturated rings. The number of hydrogen-bond donors (Lipinski definition) is 0. The molecule has 6 aromatic rings. The van der Waals surface area contributed by atoms with E-state index in [9.17, 15) is 21.0 Å². The van der Waals surface area contributed by atoms with Gasteiger partial charge in [-0.05, 0) is 80.6 Å². The van der Waals surface area contributed by atoms with Gasteiger partial charge in [-0.25, -0.2) is 9.97 Å². The van der Waals surface area contributed by atoms with Gasteiger partial charge in [0.1, 0.15) is 35.9 Å². The molecule has 0 atom stereocenters. The van der Waals surface area contributed by atoms with E-state index in [1.165, 1.54) is 0 Å². The zero-order chi connectivity index (χ0) is 36.5. The zero-order valence-corrected chi connectivity index (χ0v) is 29.7. The van der Waals surface area contributed by atoms with Crippen molar-refractivity contribution in [3.05, 3.63) is 106 Å². The lowest BCUT2D eigenvalue weighted by Gasteiger charge is -2.14. The van der Waals surface area contributed by atoms with E-state index in [-0.39, 0.29) is 11.4 Å². The molecule has 0 unspecified atom stereocenters. The van der Waals surface area contributed by atoms with Gasteiger partial charge in [0.15, 0.2) is 22.8 Å². The summed E-state index contributed by atoms with van der Waals surface area (Å²) in [7, 11) is 0. The fourth-order valence-corrected chi connectivity index (χ4v) is 7.04. The lowest BCUT2D eigenvalue weighted by molar-refractivity contribution is 0.576. The molecular weight excluding hydrogens is 641 g/mol. The quantitative estimate of drug-likeness (QED) is 0.0831. The van der Waals surface area contributed by atoms with Gasteiger partial charge in [-0.1, -0.05) is 113 Å². The molecule has 0 aliphatic heterocycles. The van der Waals surface area contributed by atoms with Crippen LogP contribution in [0.1, 0.15) is 111 Å². The molecule has 0 radical (unpaired) electrons. The van der Waals surface area contributed by atoms with Gasteiger partial charge < -0.3 is 9.13 Å². The van der Waals surface area contributed by atoms with Crippen molar-refractivity contribution < 1.29 is 0 Å². The minimum absolute atomic E-state index is 0.140. The van der Waals surface area contributed by atoms with Gasteiger partial charge in [-0.2, -0.15) is 21.0 Å². The van der Waals surface area contributed by atoms with Gasteiger partial charge in [0, 0.05) is 13.1 Å². The molecule has 2 heterocycles. The van der Waals surface area contributed by atoms with Crippen LogP contribution in [0.5, 0.6) is 0 Å². The number of unbranched alkanes of at least 4 members (excludes halogenated alkanes) is 6. The number of nitriles is 4. The lowest BCUT2D eigenvalue weighted by atomic mass is 9.90. The maximum absolute atomic E-state index is 9.97. The molecule has 8 heteroatoms. The second-order valence-electron chi connectivity index (χ2n) is 13.0. The van der Waals surface area contributed by atoms with Crippen LogP contribution in [0.2, 0.25) is 0 Å². The standard InChI is InChI=1S/C44H40N8/c1-3-5-7-13-23-51-41(29-47)39(27-45)49-43(51)21-19-35-33-17-11-9-15-31(33)26-38-36(34-18-12-10-16-32(34)25-37(35)38)20-22-44-50-40(28-46)42(30-48)52(44)24-14-8-6-4-2/h9-12,15-22,25-26H,3-8,13-14,23-24H2,1-2H3/b21-19+,22-20+. The van der Waals surface area contributed by atoms with E-state index in [0.29, 0.717) is 36.1 Å². The van der Waals surface area contributed by atoms with Gasteiger partial charge in [0.2, 0.25) is 0 Å². The fraction of sp³-hybridized carbons (Fsp3) is 0.273. The average molecular weight is 681 g/mol. The maximum Gasteiger partial charge on any atom is 0.177 e. The Bertz CT molecular complexity index is 2320. The third kappa shape index (κ3) is 7.07. The van der Waals surface area contributed by atoms with Crippen LogP contribution in [0.15, 0.2) is 60.7 Å². The van der Waals surface area contributed by atoms with Gasteiger partial charge in [-0.3, -0.25) is 0 Å². The van der Waals surface area contributed by atoms with Crippen molar-refractivity contribution in [1.29, 1.82) is 21.0 Å². The van der Waals surface area contributed by atoms with E-state index in [0.717, 1.165) is 94.8 Å². The van der Waals surface area contributed by atoms with E-state index >= 15 is 0 Å². The normalized spacial score (nSPS) is 11.4. The van der Waals surface area contributed by atoms with Crippen LogP contribution >= 0.6 is 0 Å². The summed E-state index contributed by atoms with van der Waals surface area (Å²) in [6, 6.07) is 29.6. The largest absolute Gasteiger partial charge is 0.315 e. The first-order valence-corrected chi connectivity index (χ1v) is 18.1.